The zero-order valence-electron chi connectivity index (χ0n) is 10.3. The van der Waals surface area contributed by atoms with Crippen LogP contribution in [0.25, 0.3) is 0 Å². The van der Waals surface area contributed by atoms with Crippen molar-refractivity contribution in [1.82, 2.24) is 9.55 Å². The standard InChI is InChI=1S/C11H17N3O3/c1-8(2)14(6-4-9(15)16)10-11(17)13(3)7-5-12-10/h5,7-8H,4,6H2,1-3H3,(H,15,16). The van der Waals surface area contributed by atoms with Gasteiger partial charge in [0.1, 0.15) is 0 Å². The first-order chi connectivity index (χ1) is 7.93. The average molecular weight is 239 g/mol. The van der Waals surface area contributed by atoms with E-state index in [1.807, 2.05) is 13.8 Å². The Morgan fingerprint density at radius 1 is 1.59 bits per heavy atom. The van der Waals surface area contributed by atoms with Crippen LogP contribution in [0, 0.1) is 0 Å². The number of aliphatic carboxylic acids is 1. The molecular weight excluding hydrogens is 222 g/mol. The largest absolute Gasteiger partial charge is 0.481 e. The Labute approximate surface area is 99.5 Å². The molecule has 0 aromatic carbocycles. The topological polar surface area (TPSA) is 75.4 Å². The quantitative estimate of drug-likeness (QED) is 0.808. The van der Waals surface area contributed by atoms with Crippen molar-refractivity contribution in [2.45, 2.75) is 26.3 Å². The Bertz CT molecular complexity index is 454. The summed E-state index contributed by atoms with van der Waals surface area (Å²) >= 11 is 0. The highest BCUT2D eigenvalue weighted by atomic mass is 16.4. The van der Waals surface area contributed by atoms with E-state index in [-0.39, 0.29) is 24.6 Å². The minimum Gasteiger partial charge on any atom is -0.481 e. The molecule has 0 aliphatic heterocycles. The Morgan fingerprint density at radius 2 is 2.24 bits per heavy atom. The van der Waals surface area contributed by atoms with Gasteiger partial charge in [-0.3, -0.25) is 9.59 Å². The molecule has 0 radical (unpaired) electrons. The Morgan fingerprint density at radius 3 is 2.76 bits per heavy atom. The summed E-state index contributed by atoms with van der Waals surface area (Å²) < 4.78 is 1.43. The van der Waals surface area contributed by atoms with Gasteiger partial charge in [0.05, 0.1) is 6.42 Å². The highest BCUT2D eigenvalue weighted by molar-refractivity contribution is 5.67. The van der Waals surface area contributed by atoms with E-state index in [2.05, 4.69) is 4.98 Å². The molecule has 1 aromatic heterocycles. The molecule has 0 saturated heterocycles. The Balaban J connectivity index is 3.02. The maximum absolute atomic E-state index is 11.9. The van der Waals surface area contributed by atoms with Crippen molar-refractivity contribution in [2.75, 3.05) is 11.4 Å². The maximum Gasteiger partial charge on any atom is 0.305 e. The highest BCUT2D eigenvalue weighted by Gasteiger charge is 2.16. The Hall–Kier alpha value is -1.85. The number of rotatable bonds is 5. The van der Waals surface area contributed by atoms with Crippen LogP contribution in [0.2, 0.25) is 0 Å². The summed E-state index contributed by atoms with van der Waals surface area (Å²) in [5.41, 5.74) is -0.216. The number of hydrogen-bond donors (Lipinski definition) is 1. The molecule has 6 nitrogen and oxygen atoms in total. The molecule has 1 N–H and O–H groups in total. The van der Waals surface area contributed by atoms with Gasteiger partial charge in [-0.05, 0) is 13.8 Å². The molecule has 0 bridgehead atoms. The SMILES string of the molecule is CC(C)N(CCC(=O)O)c1nccn(C)c1=O. The van der Waals surface area contributed by atoms with E-state index in [0.29, 0.717) is 5.82 Å². The van der Waals surface area contributed by atoms with E-state index in [1.54, 1.807) is 18.1 Å². The van der Waals surface area contributed by atoms with Crippen molar-refractivity contribution in [3.8, 4) is 0 Å². The average Bonchev–Trinajstić information content (AvgIpc) is 2.23. The Kier molecular flexibility index (Phi) is 4.25. The second-order valence-corrected chi connectivity index (χ2v) is 4.10. The van der Waals surface area contributed by atoms with E-state index in [0.717, 1.165) is 0 Å². The lowest BCUT2D eigenvalue weighted by Crippen LogP contribution is -2.38. The highest BCUT2D eigenvalue weighted by Crippen LogP contribution is 2.08. The summed E-state index contributed by atoms with van der Waals surface area (Å²) in [6, 6.07) is 0.0250. The van der Waals surface area contributed by atoms with Crippen LogP contribution in [0.4, 0.5) is 5.82 Å². The maximum atomic E-state index is 11.9. The van der Waals surface area contributed by atoms with Crippen LogP contribution in [0.3, 0.4) is 0 Å². The van der Waals surface area contributed by atoms with Crippen LogP contribution in [-0.2, 0) is 11.8 Å². The molecule has 0 aliphatic rings. The van der Waals surface area contributed by atoms with Crippen molar-refractivity contribution in [3.63, 3.8) is 0 Å². The molecule has 1 heterocycles. The predicted octanol–water partition coefficient (Wildman–Crippen LogP) is 0.470. The molecule has 0 spiro atoms. The summed E-state index contributed by atoms with van der Waals surface area (Å²) in [6.07, 6.45) is 3.09. The third kappa shape index (κ3) is 3.30. The van der Waals surface area contributed by atoms with Gasteiger partial charge in [0.25, 0.3) is 5.56 Å². The van der Waals surface area contributed by atoms with E-state index >= 15 is 0 Å². The molecule has 0 aliphatic carbocycles. The number of hydrogen-bond acceptors (Lipinski definition) is 4. The molecule has 6 heteroatoms. The van der Waals surface area contributed by atoms with Gasteiger partial charge in [-0.25, -0.2) is 4.98 Å². The van der Waals surface area contributed by atoms with Crippen molar-refractivity contribution in [3.05, 3.63) is 22.7 Å². The lowest BCUT2D eigenvalue weighted by molar-refractivity contribution is -0.136. The molecule has 17 heavy (non-hydrogen) atoms. The number of carbonyl (C=O) groups is 1. The van der Waals surface area contributed by atoms with Gasteiger partial charge in [0.15, 0.2) is 5.82 Å². The second kappa shape index (κ2) is 5.47. The summed E-state index contributed by atoms with van der Waals surface area (Å²) in [7, 11) is 1.64. The molecule has 1 aromatic rings. The first kappa shape index (κ1) is 13.2. The minimum absolute atomic E-state index is 0.0160. The first-order valence-electron chi connectivity index (χ1n) is 5.43. The molecule has 1 rings (SSSR count). The zero-order valence-corrected chi connectivity index (χ0v) is 10.3. The van der Waals surface area contributed by atoms with Crippen LogP contribution in [-0.4, -0.2) is 33.2 Å². The molecular formula is C11H17N3O3. The van der Waals surface area contributed by atoms with Gasteiger partial charge >= 0.3 is 5.97 Å². The van der Waals surface area contributed by atoms with Gasteiger partial charge < -0.3 is 14.6 Å². The van der Waals surface area contributed by atoms with Gasteiger partial charge in [-0.2, -0.15) is 0 Å². The summed E-state index contributed by atoms with van der Waals surface area (Å²) in [5, 5.41) is 8.68. The van der Waals surface area contributed by atoms with Crippen molar-refractivity contribution in [2.24, 2.45) is 7.05 Å². The normalized spacial score (nSPS) is 10.6. The number of anilines is 1. The van der Waals surface area contributed by atoms with Gasteiger partial charge in [-0.1, -0.05) is 0 Å². The third-order valence-corrected chi connectivity index (χ3v) is 2.46. The lowest BCUT2D eigenvalue weighted by atomic mass is 10.3. The summed E-state index contributed by atoms with van der Waals surface area (Å²) in [6.45, 7) is 4.07. The van der Waals surface area contributed by atoms with Crippen molar-refractivity contribution < 1.29 is 9.90 Å². The lowest BCUT2D eigenvalue weighted by Gasteiger charge is -2.26. The van der Waals surface area contributed by atoms with E-state index in [1.165, 1.54) is 10.8 Å². The van der Waals surface area contributed by atoms with Crippen molar-refractivity contribution in [1.29, 1.82) is 0 Å². The summed E-state index contributed by atoms with van der Waals surface area (Å²) in [5.74, 6) is -0.588. The minimum atomic E-state index is -0.886. The van der Waals surface area contributed by atoms with Crippen LogP contribution in [0.5, 0.6) is 0 Å². The second-order valence-electron chi connectivity index (χ2n) is 4.10. The molecule has 0 unspecified atom stereocenters. The first-order valence-corrected chi connectivity index (χ1v) is 5.43. The predicted molar refractivity (Wildman–Crippen MR) is 64.2 cm³/mol. The monoisotopic (exact) mass is 239 g/mol. The number of carboxylic acids is 1. The van der Waals surface area contributed by atoms with Gasteiger partial charge in [0, 0.05) is 32.0 Å². The number of aromatic nitrogens is 2. The molecule has 94 valence electrons. The van der Waals surface area contributed by atoms with Crippen LogP contribution in [0.1, 0.15) is 20.3 Å². The van der Waals surface area contributed by atoms with Crippen LogP contribution >= 0.6 is 0 Å². The summed E-state index contributed by atoms with van der Waals surface area (Å²) in [4.78, 5) is 28.2. The fourth-order valence-electron chi connectivity index (χ4n) is 1.51. The third-order valence-electron chi connectivity index (χ3n) is 2.46. The number of nitrogens with zero attached hydrogens (tertiary/aromatic N) is 3. The van der Waals surface area contributed by atoms with Gasteiger partial charge in [0.2, 0.25) is 0 Å². The molecule has 0 amide bonds. The van der Waals surface area contributed by atoms with Crippen molar-refractivity contribution >= 4 is 11.8 Å². The fraction of sp³-hybridized carbons (Fsp3) is 0.545. The number of carboxylic acid groups (broad SMARTS) is 1. The molecule has 0 atom stereocenters. The molecule has 0 saturated carbocycles. The van der Waals surface area contributed by atoms with E-state index in [9.17, 15) is 9.59 Å². The zero-order chi connectivity index (χ0) is 13.0. The smallest absolute Gasteiger partial charge is 0.305 e. The van der Waals surface area contributed by atoms with Gasteiger partial charge in [-0.15, -0.1) is 0 Å². The van der Waals surface area contributed by atoms with E-state index < -0.39 is 5.97 Å². The van der Waals surface area contributed by atoms with E-state index in [4.69, 9.17) is 5.11 Å². The van der Waals surface area contributed by atoms with Crippen LogP contribution < -0.4 is 10.5 Å². The molecule has 0 fully saturated rings. The number of aryl methyl sites for hydroxylation is 1. The van der Waals surface area contributed by atoms with Crippen LogP contribution in [0.15, 0.2) is 17.2 Å². The fourth-order valence-corrected chi connectivity index (χ4v) is 1.51.